The summed E-state index contributed by atoms with van der Waals surface area (Å²) < 4.78 is 10.3. The monoisotopic (exact) mass is 187 g/mol. The second-order valence-electron chi connectivity index (χ2n) is 3.51. The molecule has 1 rings (SSSR count). The molecule has 1 saturated heterocycles. The molecule has 0 spiro atoms. The van der Waals surface area contributed by atoms with Crippen molar-refractivity contribution in [3.63, 3.8) is 0 Å². The molecule has 0 aliphatic carbocycles. The predicted octanol–water partition coefficient (Wildman–Crippen LogP) is 1.14. The number of nitrogens with zero attached hydrogens (tertiary/aromatic N) is 1. The average Bonchev–Trinajstić information content (AvgIpc) is 2.63. The summed E-state index contributed by atoms with van der Waals surface area (Å²) in [6.45, 7) is 6.10. The van der Waals surface area contributed by atoms with Gasteiger partial charge in [-0.2, -0.15) is 0 Å². The fraction of sp³-hybridized carbons (Fsp3) is 1.00. The van der Waals surface area contributed by atoms with Crippen molar-refractivity contribution in [3.05, 3.63) is 0 Å². The Balaban J connectivity index is 1.78. The zero-order valence-electron chi connectivity index (χ0n) is 8.63. The van der Waals surface area contributed by atoms with Crippen molar-refractivity contribution in [1.82, 2.24) is 4.90 Å². The molecule has 0 atom stereocenters. The quantitative estimate of drug-likeness (QED) is 0.558. The highest BCUT2D eigenvalue weighted by Crippen LogP contribution is 2.07. The van der Waals surface area contributed by atoms with Crippen LogP contribution in [0.5, 0.6) is 0 Å². The molecule has 1 aliphatic heterocycles. The van der Waals surface area contributed by atoms with E-state index >= 15 is 0 Å². The molecule has 3 nitrogen and oxygen atoms in total. The van der Waals surface area contributed by atoms with Crippen LogP contribution < -0.4 is 0 Å². The van der Waals surface area contributed by atoms with Gasteiger partial charge in [-0.15, -0.1) is 0 Å². The van der Waals surface area contributed by atoms with Crippen LogP contribution in [0.15, 0.2) is 0 Å². The number of hydrogen-bond acceptors (Lipinski definition) is 3. The van der Waals surface area contributed by atoms with Gasteiger partial charge in [0, 0.05) is 20.3 Å². The highest BCUT2D eigenvalue weighted by atomic mass is 16.5. The van der Waals surface area contributed by atoms with E-state index in [0.29, 0.717) is 6.61 Å². The molecular formula is C10H21NO2. The molecule has 1 fully saturated rings. The summed E-state index contributed by atoms with van der Waals surface area (Å²) in [4.78, 5) is 2.51. The van der Waals surface area contributed by atoms with Gasteiger partial charge < -0.3 is 14.4 Å². The fourth-order valence-corrected chi connectivity index (χ4v) is 1.64. The van der Waals surface area contributed by atoms with Crippen LogP contribution in [0.4, 0.5) is 0 Å². The Morgan fingerprint density at radius 1 is 1.08 bits per heavy atom. The first kappa shape index (κ1) is 11.0. The van der Waals surface area contributed by atoms with Crippen LogP contribution in [0.3, 0.4) is 0 Å². The SMILES string of the molecule is COCCOCCCN1CCCC1. The lowest BCUT2D eigenvalue weighted by atomic mass is 10.4. The lowest BCUT2D eigenvalue weighted by Crippen LogP contribution is -2.21. The van der Waals surface area contributed by atoms with Crippen molar-refractivity contribution in [2.24, 2.45) is 0 Å². The summed E-state index contributed by atoms with van der Waals surface area (Å²) in [6.07, 6.45) is 3.92. The molecule has 78 valence electrons. The Kier molecular flexibility index (Phi) is 6.15. The minimum atomic E-state index is 0.712. The molecule has 0 saturated carbocycles. The summed E-state index contributed by atoms with van der Waals surface area (Å²) in [7, 11) is 1.70. The Morgan fingerprint density at radius 3 is 2.54 bits per heavy atom. The third-order valence-corrected chi connectivity index (χ3v) is 2.39. The Hall–Kier alpha value is -0.120. The van der Waals surface area contributed by atoms with E-state index < -0.39 is 0 Å². The van der Waals surface area contributed by atoms with E-state index in [1.165, 1.54) is 32.5 Å². The van der Waals surface area contributed by atoms with Gasteiger partial charge in [0.25, 0.3) is 0 Å². The number of ether oxygens (including phenoxy) is 2. The maximum absolute atomic E-state index is 5.38. The van der Waals surface area contributed by atoms with Gasteiger partial charge in [-0.3, -0.25) is 0 Å². The van der Waals surface area contributed by atoms with Gasteiger partial charge in [0.05, 0.1) is 13.2 Å². The summed E-state index contributed by atoms with van der Waals surface area (Å²) in [5.74, 6) is 0. The standard InChI is InChI=1S/C10H21NO2/c1-12-9-10-13-8-4-7-11-5-2-3-6-11/h2-10H2,1H3. The summed E-state index contributed by atoms with van der Waals surface area (Å²) in [5.41, 5.74) is 0. The van der Waals surface area contributed by atoms with Crippen molar-refractivity contribution in [2.45, 2.75) is 19.3 Å². The Bertz CT molecular complexity index is 113. The first-order valence-corrected chi connectivity index (χ1v) is 5.22. The van der Waals surface area contributed by atoms with Gasteiger partial charge >= 0.3 is 0 Å². The van der Waals surface area contributed by atoms with Crippen molar-refractivity contribution >= 4 is 0 Å². The van der Waals surface area contributed by atoms with Crippen LogP contribution in [-0.4, -0.2) is 51.5 Å². The molecule has 1 heterocycles. The molecule has 13 heavy (non-hydrogen) atoms. The van der Waals surface area contributed by atoms with E-state index in [2.05, 4.69) is 4.90 Å². The molecule has 0 bridgehead atoms. The van der Waals surface area contributed by atoms with E-state index in [-0.39, 0.29) is 0 Å². The van der Waals surface area contributed by atoms with Crippen LogP contribution in [0.1, 0.15) is 19.3 Å². The third kappa shape index (κ3) is 5.24. The van der Waals surface area contributed by atoms with Crippen molar-refractivity contribution in [1.29, 1.82) is 0 Å². The number of hydrogen-bond donors (Lipinski definition) is 0. The lowest BCUT2D eigenvalue weighted by molar-refractivity contribution is 0.0662. The lowest BCUT2D eigenvalue weighted by Gasteiger charge is -2.13. The topological polar surface area (TPSA) is 21.7 Å². The summed E-state index contributed by atoms with van der Waals surface area (Å²) >= 11 is 0. The predicted molar refractivity (Wildman–Crippen MR) is 53.0 cm³/mol. The van der Waals surface area contributed by atoms with Crippen LogP contribution >= 0.6 is 0 Å². The molecule has 0 unspecified atom stereocenters. The Morgan fingerprint density at radius 2 is 1.85 bits per heavy atom. The molecule has 0 aromatic heterocycles. The first-order valence-electron chi connectivity index (χ1n) is 5.22. The molecule has 1 aliphatic rings. The van der Waals surface area contributed by atoms with Crippen molar-refractivity contribution < 1.29 is 9.47 Å². The van der Waals surface area contributed by atoms with Crippen LogP contribution in [0.25, 0.3) is 0 Å². The molecule has 0 radical (unpaired) electrons. The minimum absolute atomic E-state index is 0.712. The van der Waals surface area contributed by atoms with E-state index in [9.17, 15) is 0 Å². The summed E-state index contributed by atoms with van der Waals surface area (Å²) in [5, 5.41) is 0. The highest BCUT2D eigenvalue weighted by molar-refractivity contribution is 4.65. The maximum Gasteiger partial charge on any atom is 0.0700 e. The van der Waals surface area contributed by atoms with Gasteiger partial charge in [-0.25, -0.2) is 0 Å². The highest BCUT2D eigenvalue weighted by Gasteiger charge is 2.09. The first-order chi connectivity index (χ1) is 6.43. The van der Waals surface area contributed by atoms with Crippen LogP contribution in [-0.2, 0) is 9.47 Å². The molecule has 0 N–H and O–H groups in total. The van der Waals surface area contributed by atoms with E-state index in [4.69, 9.17) is 9.47 Å². The maximum atomic E-state index is 5.38. The molecule has 0 aromatic carbocycles. The largest absolute Gasteiger partial charge is 0.382 e. The van der Waals surface area contributed by atoms with Crippen molar-refractivity contribution in [3.8, 4) is 0 Å². The van der Waals surface area contributed by atoms with Gasteiger partial charge in [0.1, 0.15) is 0 Å². The zero-order valence-corrected chi connectivity index (χ0v) is 8.63. The number of rotatable bonds is 7. The Labute approximate surface area is 81.0 Å². The van der Waals surface area contributed by atoms with E-state index in [1.807, 2.05) is 0 Å². The summed E-state index contributed by atoms with van der Waals surface area (Å²) in [6, 6.07) is 0. The average molecular weight is 187 g/mol. The zero-order chi connectivity index (χ0) is 9.36. The minimum Gasteiger partial charge on any atom is -0.382 e. The molecule has 0 amide bonds. The second kappa shape index (κ2) is 7.30. The normalized spacial score (nSPS) is 18.2. The van der Waals surface area contributed by atoms with Crippen molar-refractivity contribution in [2.75, 3.05) is 46.6 Å². The molecule has 3 heteroatoms. The van der Waals surface area contributed by atoms with Gasteiger partial charge in [-0.05, 0) is 32.4 Å². The molecular weight excluding hydrogens is 166 g/mol. The molecule has 0 aromatic rings. The van der Waals surface area contributed by atoms with Crippen LogP contribution in [0.2, 0.25) is 0 Å². The second-order valence-corrected chi connectivity index (χ2v) is 3.51. The van der Waals surface area contributed by atoms with Gasteiger partial charge in [-0.1, -0.05) is 0 Å². The van der Waals surface area contributed by atoms with Gasteiger partial charge in [0.2, 0.25) is 0 Å². The van der Waals surface area contributed by atoms with Crippen LogP contribution in [0, 0.1) is 0 Å². The third-order valence-electron chi connectivity index (χ3n) is 2.39. The number of methoxy groups -OCH3 is 1. The van der Waals surface area contributed by atoms with E-state index in [1.54, 1.807) is 7.11 Å². The number of likely N-dealkylation sites (tertiary alicyclic amines) is 1. The van der Waals surface area contributed by atoms with Gasteiger partial charge in [0.15, 0.2) is 0 Å². The smallest absolute Gasteiger partial charge is 0.0700 e. The van der Waals surface area contributed by atoms with E-state index in [0.717, 1.165) is 19.6 Å². The fourth-order valence-electron chi connectivity index (χ4n) is 1.64.